The number of rotatable bonds is 9. The molecule has 0 bridgehead atoms. The summed E-state index contributed by atoms with van der Waals surface area (Å²) in [6.07, 6.45) is 0.885. The SMILES string of the molecule is COc1ccc(OC)c(CSc2nc3ccccc3c(=O)n2CCCN2CCOCC2)c1. The molecule has 1 saturated heterocycles. The van der Waals surface area contributed by atoms with Crippen molar-refractivity contribution >= 4 is 22.7 Å². The average Bonchev–Trinajstić information content (AvgIpc) is 2.84. The molecule has 7 nitrogen and oxygen atoms in total. The van der Waals surface area contributed by atoms with Gasteiger partial charge in [-0.1, -0.05) is 23.9 Å². The molecule has 0 atom stereocenters. The van der Waals surface area contributed by atoms with Crippen molar-refractivity contribution in [1.82, 2.24) is 14.5 Å². The zero-order chi connectivity index (χ0) is 22.3. The van der Waals surface area contributed by atoms with E-state index < -0.39 is 0 Å². The number of thioether (sulfide) groups is 1. The van der Waals surface area contributed by atoms with Crippen LogP contribution >= 0.6 is 11.8 Å². The van der Waals surface area contributed by atoms with Crippen molar-refractivity contribution in [2.45, 2.75) is 23.9 Å². The first kappa shape index (κ1) is 22.6. The van der Waals surface area contributed by atoms with Crippen LogP contribution in [-0.4, -0.2) is 61.5 Å². The van der Waals surface area contributed by atoms with E-state index in [2.05, 4.69) is 4.90 Å². The Labute approximate surface area is 192 Å². The number of methoxy groups -OCH3 is 2. The van der Waals surface area contributed by atoms with Gasteiger partial charge >= 0.3 is 0 Å². The Morgan fingerprint density at radius 3 is 2.66 bits per heavy atom. The van der Waals surface area contributed by atoms with Gasteiger partial charge in [0.15, 0.2) is 5.16 Å². The number of aromatic nitrogens is 2. The summed E-state index contributed by atoms with van der Waals surface area (Å²) in [5, 5.41) is 1.38. The van der Waals surface area contributed by atoms with Gasteiger partial charge in [0, 0.05) is 37.5 Å². The molecular formula is C24H29N3O4S. The van der Waals surface area contributed by atoms with Gasteiger partial charge in [-0.05, 0) is 36.8 Å². The molecule has 0 amide bonds. The van der Waals surface area contributed by atoms with E-state index in [1.165, 1.54) is 0 Å². The first-order chi connectivity index (χ1) is 15.7. The van der Waals surface area contributed by atoms with E-state index in [1.54, 1.807) is 26.0 Å². The lowest BCUT2D eigenvalue weighted by Gasteiger charge is -2.26. The van der Waals surface area contributed by atoms with Gasteiger partial charge < -0.3 is 14.2 Å². The molecule has 0 saturated carbocycles. The minimum atomic E-state index is 0.0117. The standard InChI is InChI=1S/C24H29N3O4S/c1-29-19-8-9-22(30-2)18(16-19)17-32-24-25-21-7-4-3-6-20(21)23(28)27(24)11-5-10-26-12-14-31-15-13-26/h3-4,6-9,16H,5,10-15,17H2,1-2H3. The van der Waals surface area contributed by atoms with Crippen molar-refractivity contribution in [3.63, 3.8) is 0 Å². The number of ether oxygens (including phenoxy) is 3. The van der Waals surface area contributed by atoms with Crippen LogP contribution in [0.3, 0.4) is 0 Å². The first-order valence-corrected chi connectivity index (χ1v) is 11.8. The fourth-order valence-electron chi connectivity index (χ4n) is 3.87. The molecule has 1 fully saturated rings. The summed E-state index contributed by atoms with van der Waals surface area (Å²) in [4.78, 5) is 20.5. The summed E-state index contributed by atoms with van der Waals surface area (Å²) in [5.41, 5.74) is 1.74. The second-order valence-corrected chi connectivity index (χ2v) is 8.58. The summed E-state index contributed by atoms with van der Waals surface area (Å²) in [7, 11) is 3.31. The van der Waals surface area contributed by atoms with Gasteiger partial charge in [0.1, 0.15) is 11.5 Å². The predicted octanol–water partition coefficient (Wildman–Crippen LogP) is 3.43. The first-order valence-electron chi connectivity index (χ1n) is 10.8. The lowest BCUT2D eigenvalue weighted by molar-refractivity contribution is 0.0368. The van der Waals surface area contributed by atoms with Gasteiger partial charge in [0.2, 0.25) is 0 Å². The van der Waals surface area contributed by atoms with Crippen LogP contribution in [0, 0.1) is 0 Å². The molecule has 0 N–H and O–H groups in total. The lowest BCUT2D eigenvalue weighted by atomic mass is 10.2. The highest BCUT2D eigenvalue weighted by Crippen LogP contribution is 2.30. The van der Waals surface area contributed by atoms with E-state index in [1.807, 2.05) is 47.0 Å². The minimum absolute atomic E-state index is 0.0117. The number of fused-ring (bicyclic) bond motifs is 1. The number of hydrogen-bond donors (Lipinski definition) is 0. The smallest absolute Gasteiger partial charge is 0.262 e. The molecule has 4 rings (SSSR count). The number of nitrogens with zero attached hydrogens (tertiary/aromatic N) is 3. The fourth-order valence-corrected chi connectivity index (χ4v) is 4.87. The minimum Gasteiger partial charge on any atom is -0.497 e. The molecule has 2 aromatic carbocycles. The molecule has 1 aromatic heterocycles. The van der Waals surface area contributed by atoms with Gasteiger partial charge in [-0.15, -0.1) is 0 Å². The summed E-state index contributed by atoms with van der Waals surface area (Å²) in [6.45, 7) is 5.02. The molecule has 1 aliphatic heterocycles. The highest BCUT2D eigenvalue weighted by Gasteiger charge is 2.15. The maximum absolute atomic E-state index is 13.3. The van der Waals surface area contributed by atoms with E-state index in [0.717, 1.165) is 67.0 Å². The summed E-state index contributed by atoms with van der Waals surface area (Å²) < 4.78 is 18.1. The molecule has 32 heavy (non-hydrogen) atoms. The van der Waals surface area contributed by atoms with Crippen LogP contribution in [0.2, 0.25) is 0 Å². The Morgan fingerprint density at radius 2 is 1.88 bits per heavy atom. The van der Waals surface area contributed by atoms with Crippen molar-refractivity contribution < 1.29 is 14.2 Å². The van der Waals surface area contributed by atoms with Crippen LogP contribution in [-0.2, 0) is 17.0 Å². The lowest BCUT2D eigenvalue weighted by Crippen LogP contribution is -2.37. The second-order valence-electron chi connectivity index (χ2n) is 7.64. The van der Waals surface area contributed by atoms with E-state index >= 15 is 0 Å². The van der Waals surface area contributed by atoms with Crippen molar-refractivity contribution in [2.24, 2.45) is 0 Å². The van der Waals surface area contributed by atoms with Crippen LogP contribution in [0.5, 0.6) is 11.5 Å². The largest absolute Gasteiger partial charge is 0.497 e. The third-order valence-electron chi connectivity index (χ3n) is 5.63. The molecule has 3 aromatic rings. The molecule has 0 aliphatic carbocycles. The van der Waals surface area contributed by atoms with Gasteiger partial charge in [0.25, 0.3) is 5.56 Å². The summed E-state index contributed by atoms with van der Waals surface area (Å²) >= 11 is 1.55. The zero-order valence-corrected chi connectivity index (χ0v) is 19.4. The van der Waals surface area contributed by atoms with Crippen molar-refractivity contribution in [3.8, 4) is 11.5 Å². The van der Waals surface area contributed by atoms with E-state index in [-0.39, 0.29) is 5.56 Å². The van der Waals surface area contributed by atoms with E-state index in [0.29, 0.717) is 17.7 Å². The van der Waals surface area contributed by atoms with Gasteiger partial charge in [-0.2, -0.15) is 0 Å². The Balaban J connectivity index is 1.58. The van der Waals surface area contributed by atoms with Crippen LogP contribution in [0.25, 0.3) is 10.9 Å². The second kappa shape index (κ2) is 10.8. The number of benzene rings is 2. The molecule has 0 radical (unpaired) electrons. The zero-order valence-electron chi connectivity index (χ0n) is 18.6. The van der Waals surface area contributed by atoms with Crippen molar-refractivity contribution in [1.29, 1.82) is 0 Å². The predicted molar refractivity (Wildman–Crippen MR) is 127 cm³/mol. The fraction of sp³-hybridized carbons (Fsp3) is 0.417. The Morgan fingerprint density at radius 1 is 1.06 bits per heavy atom. The molecule has 1 aliphatic rings. The van der Waals surface area contributed by atoms with E-state index in [9.17, 15) is 4.79 Å². The summed E-state index contributed by atoms with van der Waals surface area (Å²) in [6, 6.07) is 13.3. The van der Waals surface area contributed by atoms with E-state index in [4.69, 9.17) is 19.2 Å². The normalized spacial score (nSPS) is 14.6. The molecular weight excluding hydrogens is 426 g/mol. The molecule has 0 spiro atoms. The highest BCUT2D eigenvalue weighted by atomic mass is 32.2. The average molecular weight is 456 g/mol. The number of hydrogen-bond acceptors (Lipinski definition) is 7. The monoisotopic (exact) mass is 455 g/mol. The highest BCUT2D eigenvalue weighted by molar-refractivity contribution is 7.98. The van der Waals surface area contributed by atoms with Crippen LogP contribution in [0.1, 0.15) is 12.0 Å². The van der Waals surface area contributed by atoms with Crippen LogP contribution in [0.4, 0.5) is 0 Å². The third-order valence-corrected chi connectivity index (χ3v) is 6.66. The quantitative estimate of drug-likeness (QED) is 0.362. The Hall–Kier alpha value is -2.55. The Kier molecular flexibility index (Phi) is 7.68. The molecule has 170 valence electrons. The van der Waals surface area contributed by atoms with Crippen molar-refractivity contribution in [3.05, 3.63) is 58.4 Å². The maximum atomic E-state index is 13.3. The molecule has 2 heterocycles. The molecule has 0 unspecified atom stereocenters. The van der Waals surface area contributed by atoms with Crippen LogP contribution in [0.15, 0.2) is 52.4 Å². The van der Waals surface area contributed by atoms with Gasteiger partial charge in [-0.3, -0.25) is 14.3 Å². The van der Waals surface area contributed by atoms with Gasteiger partial charge in [0.05, 0.1) is 38.3 Å². The topological polar surface area (TPSA) is 65.8 Å². The van der Waals surface area contributed by atoms with Gasteiger partial charge in [-0.25, -0.2) is 4.98 Å². The van der Waals surface area contributed by atoms with Crippen LogP contribution < -0.4 is 15.0 Å². The summed E-state index contributed by atoms with van der Waals surface area (Å²) in [5.74, 6) is 2.19. The number of morpholine rings is 1. The molecule has 8 heteroatoms. The maximum Gasteiger partial charge on any atom is 0.262 e. The third kappa shape index (κ3) is 5.26. The number of para-hydroxylation sites is 1. The Bertz CT molecular complexity index is 1110. The van der Waals surface area contributed by atoms with Crippen molar-refractivity contribution in [2.75, 3.05) is 47.1 Å².